The average Bonchev–Trinajstić information content (AvgIpc) is 3.01. The van der Waals surface area contributed by atoms with E-state index in [1.807, 2.05) is 0 Å². The topological polar surface area (TPSA) is 95.9 Å². The smallest absolute Gasteiger partial charge is 0.310 e. The number of hydrogen-bond donors (Lipinski definition) is 3. The number of carbonyl (C=O) groups is 2. The van der Waals surface area contributed by atoms with Gasteiger partial charge in [-0.2, -0.15) is 0 Å². The highest BCUT2D eigenvalue weighted by atomic mass is 16.5. The van der Waals surface area contributed by atoms with Crippen LogP contribution in [0, 0.1) is 11.8 Å². The molecule has 6 nitrogen and oxygen atoms in total. The minimum atomic E-state index is -0.983. The number of anilines is 1. The largest absolute Gasteiger partial charge is 0.508 e. The molecule has 6 heteroatoms. The van der Waals surface area contributed by atoms with Crippen LogP contribution in [-0.2, 0) is 14.3 Å². The molecule has 2 saturated heterocycles. The fourth-order valence-electron chi connectivity index (χ4n) is 3.09. The monoisotopic (exact) mass is 277 g/mol. The Labute approximate surface area is 115 Å². The summed E-state index contributed by atoms with van der Waals surface area (Å²) in [5.41, 5.74) is 0.528. The number of amides is 1. The predicted molar refractivity (Wildman–Crippen MR) is 69.2 cm³/mol. The number of carboxylic acids is 1. The number of hydrogen-bond acceptors (Lipinski definition) is 4. The van der Waals surface area contributed by atoms with Gasteiger partial charge in [0, 0.05) is 5.69 Å². The lowest BCUT2D eigenvalue weighted by atomic mass is 9.78. The molecule has 1 aromatic rings. The normalized spacial score (nSPS) is 31.2. The first kappa shape index (κ1) is 12.9. The summed E-state index contributed by atoms with van der Waals surface area (Å²) in [6, 6.07) is 6.05. The van der Waals surface area contributed by atoms with Crippen molar-refractivity contribution < 1.29 is 24.5 Å². The summed E-state index contributed by atoms with van der Waals surface area (Å²) in [5, 5.41) is 21.1. The summed E-state index contributed by atoms with van der Waals surface area (Å²) in [6.07, 6.45) is 0.762. The van der Waals surface area contributed by atoms with Crippen LogP contribution in [0.2, 0.25) is 0 Å². The number of carbonyl (C=O) groups excluding carboxylic acids is 1. The molecule has 0 saturated carbocycles. The number of aliphatic carboxylic acids is 1. The second-order valence-electron chi connectivity index (χ2n) is 5.22. The lowest BCUT2D eigenvalue weighted by molar-refractivity contribution is -0.147. The molecule has 20 heavy (non-hydrogen) atoms. The highest BCUT2D eigenvalue weighted by Crippen LogP contribution is 2.44. The predicted octanol–water partition coefficient (Wildman–Crippen LogP) is 1.21. The van der Waals surface area contributed by atoms with Crippen LogP contribution in [0.4, 0.5) is 5.69 Å². The van der Waals surface area contributed by atoms with E-state index in [9.17, 15) is 19.8 Å². The number of fused-ring (bicyclic) bond motifs is 2. The second kappa shape index (κ2) is 4.79. The van der Waals surface area contributed by atoms with Gasteiger partial charge in [0.2, 0.25) is 5.91 Å². The Kier molecular flexibility index (Phi) is 3.10. The molecule has 2 fully saturated rings. The zero-order chi connectivity index (χ0) is 14.3. The summed E-state index contributed by atoms with van der Waals surface area (Å²) >= 11 is 0. The standard InChI is InChI=1S/C14H15NO5/c16-8-3-1-7(2-4-8)15-13(17)11-9-5-6-10(20-9)12(11)14(18)19/h1-4,9-12,16H,5-6H2,(H,15,17)(H,18,19)/t9-,10+,11-,12-/m0/s1. The van der Waals surface area contributed by atoms with Crippen molar-refractivity contribution in [3.63, 3.8) is 0 Å². The molecule has 106 valence electrons. The molecule has 0 radical (unpaired) electrons. The first-order valence-electron chi connectivity index (χ1n) is 6.54. The molecular formula is C14H15NO5. The molecule has 2 aliphatic heterocycles. The molecule has 2 aliphatic rings. The zero-order valence-corrected chi connectivity index (χ0v) is 10.7. The minimum Gasteiger partial charge on any atom is -0.508 e. The van der Waals surface area contributed by atoms with E-state index in [1.54, 1.807) is 12.1 Å². The molecule has 2 bridgehead atoms. The van der Waals surface area contributed by atoms with Crippen molar-refractivity contribution in [2.24, 2.45) is 11.8 Å². The Morgan fingerprint density at radius 3 is 2.30 bits per heavy atom. The lowest BCUT2D eigenvalue weighted by Gasteiger charge is -2.23. The van der Waals surface area contributed by atoms with E-state index >= 15 is 0 Å². The van der Waals surface area contributed by atoms with Crippen molar-refractivity contribution >= 4 is 17.6 Å². The van der Waals surface area contributed by atoms with Crippen LogP contribution in [0.15, 0.2) is 24.3 Å². The van der Waals surface area contributed by atoms with Crippen molar-refractivity contribution in [3.05, 3.63) is 24.3 Å². The molecule has 0 spiro atoms. The summed E-state index contributed by atoms with van der Waals surface area (Å²) in [6.45, 7) is 0. The van der Waals surface area contributed by atoms with Crippen LogP contribution in [0.25, 0.3) is 0 Å². The first-order valence-corrected chi connectivity index (χ1v) is 6.54. The maximum absolute atomic E-state index is 12.3. The van der Waals surface area contributed by atoms with Gasteiger partial charge in [-0.3, -0.25) is 9.59 Å². The molecule has 0 unspecified atom stereocenters. The highest BCUT2D eigenvalue weighted by molar-refractivity contribution is 5.96. The number of phenolic OH excluding ortho intramolecular Hbond substituents is 1. The van der Waals surface area contributed by atoms with E-state index in [2.05, 4.69) is 5.32 Å². The fraction of sp³-hybridized carbons (Fsp3) is 0.429. The van der Waals surface area contributed by atoms with E-state index in [0.717, 1.165) is 6.42 Å². The van der Waals surface area contributed by atoms with Crippen LogP contribution in [-0.4, -0.2) is 34.3 Å². The molecule has 3 rings (SSSR count). The fourth-order valence-corrected chi connectivity index (χ4v) is 3.09. The number of phenols is 1. The molecule has 2 heterocycles. The number of carboxylic acid groups (broad SMARTS) is 1. The third kappa shape index (κ3) is 2.12. The van der Waals surface area contributed by atoms with E-state index in [-0.39, 0.29) is 23.9 Å². The minimum absolute atomic E-state index is 0.106. The van der Waals surface area contributed by atoms with Crippen molar-refractivity contribution in [2.45, 2.75) is 25.0 Å². The number of nitrogens with one attached hydrogen (secondary N) is 1. The van der Waals surface area contributed by atoms with Crippen molar-refractivity contribution in [2.75, 3.05) is 5.32 Å². The third-order valence-corrected chi connectivity index (χ3v) is 4.00. The summed E-state index contributed by atoms with van der Waals surface area (Å²) in [7, 11) is 0. The van der Waals surface area contributed by atoms with Crippen LogP contribution >= 0.6 is 0 Å². The van der Waals surface area contributed by atoms with Gasteiger partial charge >= 0.3 is 5.97 Å². The van der Waals surface area contributed by atoms with Crippen molar-refractivity contribution in [1.82, 2.24) is 0 Å². The molecule has 1 amide bonds. The Balaban J connectivity index is 1.76. The van der Waals surface area contributed by atoms with Crippen LogP contribution in [0.3, 0.4) is 0 Å². The molecule has 3 N–H and O–H groups in total. The molecular weight excluding hydrogens is 262 g/mol. The van der Waals surface area contributed by atoms with E-state index in [0.29, 0.717) is 12.1 Å². The van der Waals surface area contributed by atoms with Crippen LogP contribution < -0.4 is 5.32 Å². The van der Waals surface area contributed by atoms with Gasteiger partial charge < -0.3 is 20.3 Å². The summed E-state index contributed by atoms with van der Waals surface area (Å²) < 4.78 is 5.56. The van der Waals surface area contributed by atoms with Gasteiger partial charge in [-0.05, 0) is 37.1 Å². The van der Waals surface area contributed by atoms with Gasteiger partial charge in [-0.15, -0.1) is 0 Å². The number of aromatic hydroxyl groups is 1. The summed E-state index contributed by atoms with van der Waals surface area (Å²) in [4.78, 5) is 23.6. The van der Waals surface area contributed by atoms with Gasteiger partial charge in [0.1, 0.15) is 5.75 Å². The average molecular weight is 277 g/mol. The maximum Gasteiger partial charge on any atom is 0.310 e. The Hall–Kier alpha value is -2.08. The van der Waals surface area contributed by atoms with Gasteiger partial charge in [0.15, 0.2) is 0 Å². The van der Waals surface area contributed by atoms with E-state index < -0.39 is 17.8 Å². The quantitative estimate of drug-likeness (QED) is 0.722. The van der Waals surface area contributed by atoms with E-state index in [1.165, 1.54) is 12.1 Å². The van der Waals surface area contributed by atoms with E-state index in [4.69, 9.17) is 4.74 Å². The molecule has 0 aromatic heterocycles. The van der Waals surface area contributed by atoms with Crippen molar-refractivity contribution in [3.8, 4) is 5.75 Å². The first-order chi connectivity index (χ1) is 9.56. The Morgan fingerprint density at radius 1 is 1.10 bits per heavy atom. The van der Waals surface area contributed by atoms with Crippen molar-refractivity contribution in [1.29, 1.82) is 0 Å². The lowest BCUT2D eigenvalue weighted by Crippen LogP contribution is -2.40. The van der Waals surface area contributed by atoms with Gasteiger partial charge in [0.25, 0.3) is 0 Å². The highest BCUT2D eigenvalue weighted by Gasteiger charge is 2.55. The molecule has 4 atom stereocenters. The maximum atomic E-state index is 12.3. The number of rotatable bonds is 3. The zero-order valence-electron chi connectivity index (χ0n) is 10.7. The van der Waals surface area contributed by atoms with Gasteiger partial charge in [-0.25, -0.2) is 0 Å². The SMILES string of the molecule is O=C(Nc1ccc(O)cc1)[C@@H]1[C@@H](C(=O)O)[C@H]2CC[C@@H]1O2. The van der Waals surface area contributed by atoms with Crippen LogP contribution in [0.1, 0.15) is 12.8 Å². The Morgan fingerprint density at radius 2 is 1.70 bits per heavy atom. The Bertz CT molecular complexity index is 541. The molecule has 1 aromatic carbocycles. The number of benzene rings is 1. The van der Waals surface area contributed by atoms with Gasteiger partial charge in [-0.1, -0.05) is 0 Å². The third-order valence-electron chi connectivity index (χ3n) is 4.00. The number of ether oxygens (including phenoxy) is 1. The van der Waals surface area contributed by atoms with Crippen LogP contribution in [0.5, 0.6) is 5.75 Å². The second-order valence-corrected chi connectivity index (χ2v) is 5.22. The molecule has 0 aliphatic carbocycles. The van der Waals surface area contributed by atoms with Gasteiger partial charge in [0.05, 0.1) is 24.0 Å². The summed E-state index contributed by atoms with van der Waals surface area (Å²) in [5.74, 6) is -2.64.